The van der Waals surface area contributed by atoms with Crippen LogP contribution >= 0.6 is 11.8 Å². The van der Waals surface area contributed by atoms with E-state index in [1.54, 1.807) is 0 Å². The highest BCUT2D eigenvalue weighted by Crippen LogP contribution is 2.30. The maximum absolute atomic E-state index is 5.19. The van der Waals surface area contributed by atoms with Crippen LogP contribution in [0.25, 0.3) is 0 Å². The third-order valence-electron chi connectivity index (χ3n) is 2.96. The third kappa shape index (κ3) is 4.32. The van der Waals surface area contributed by atoms with Crippen molar-refractivity contribution in [1.82, 2.24) is 15.5 Å². The fourth-order valence-corrected chi connectivity index (χ4v) is 3.21. The van der Waals surface area contributed by atoms with Gasteiger partial charge in [-0.2, -0.15) is 16.7 Å². The van der Waals surface area contributed by atoms with Gasteiger partial charge in [-0.3, -0.25) is 0 Å². The normalized spacial score (nSPS) is 16.8. The predicted molar refractivity (Wildman–Crippen MR) is 69.8 cm³/mol. The van der Waals surface area contributed by atoms with Crippen molar-refractivity contribution in [2.24, 2.45) is 0 Å². The SMILES string of the molecule is CCCNCc1nc(CSC2CCCC2)no1. The van der Waals surface area contributed by atoms with Crippen LogP contribution in [0.5, 0.6) is 0 Å². The first kappa shape index (κ1) is 12.9. The summed E-state index contributed by atoms with van der Waals surface area (Å²) in [6.45, 7) is 3.83. The van der Waals surface area contributed by atoms with Crippen molar-refractivity contribution in [3.63, 3.8) is 0 Å². The van der Waals surface area contributed by atoms with E-state index in [1.165, 1.54) is 25.7 Å². The number of nitrogens with one attached hydrogen (secondary N) is 1. The molecule has 0 bridgehead atoms. The zero-order chi connectivity index (χ0) is 11.9. The molecule has 1 aliphatic carbocycles. The third-order valence-corrected chi connectivity index (χ3v) is 4.33. The molecule has 0 aliphatic heterocycles. The highest BCUT2D eigenvalue weighted by atomic mass is 32.2. The van der Waals surface area contributed by atoms with Crippen molar-refractivity contribution in [1.29, 1.82) is 0 Å². The lowest BCUT2D eigenvalue weighted by atomic mass is 10.4. The fourth-order valence-electron chi connectivity index (χ4n) is 2.04. The quantitative estimate of drug-likeness (QED) is 0.759. The van der Waals surface area contributed by atoms with E-state index in [2.05, 4.69) is 22.4 Å². The summed E-state index contributed by atoms with van der Waals surface area (Å²) >= 11 is 1.97. The van der Waals surface area contributed by atoms with Crippen LogP contribution in [-0.4, -0.2) is 21.9 Å². The smallest absolute Gasteiger partial charge is 0.240 e. The van der Waals surface area contributed by atoms with Crippen LogP contribution in [0, 0.1) is 0 Å². The van der Waals surface area contributed by atoms with Gasteiger partial charge < -0.3 is 9.84 Å². The summed E-state index contributed by atoms with van der Waals surface area (Å²) in [5.74, 6) is 2.44. The van der Waals surface area contributed by atoms with Crippen LogP contribution in [-0.2, 0) is 12.3 Å². The van der Waals surface area contributed by atoms with Crippen LogP contribution < -0.4 is 5.32 Å². The Morgan fingerprint density at radius 2 is 2.24 bits per heavy atom. The van der Waals surface area contributed by atoms with E-state index in [4.69, 9.17) is 4.52 Å². The molecule has 1 aromatic rings. The average Bonchev–Trinajstić information content (AvgIpc) is 2.98. The van der Waals surface area contributed by atoms with Crippen LogP contribution in [0.2, 0.25) is 0 Å². The second kappa shape index (κ2) is 7.01. The van der Waals surface area contributed by atoms with Gasteiger partial charge in [0, 0.05) is 5.25 Å². The average molecular weight is 255 g/mol. The lowest BCUT2D eigenvalue weighted by molar-refractivity contribution is 0.364. The van der Waals surface area contributed by atoms with Crippen LogP contribution in [0.15, 0.2) is 4.52 Å². The Bertz CT molecular complexity index is 323. The standard InChI is InChI=1S/C12H21N3OS/c1-2-7-13-8-12-14-11(15-16-12)9-17-10-5-3-4-6-10/h10,13H,2-9H2,1H3. The molecule has 0 aromatic carbocycles. The Labute approximate surface area is 107 Å². The zero-order valence-corrected chi connectivity index (χ0v) is 11.3. The molecule has 1 aliphatic rings. The van der Waals surface area contributed by atoms with Gasteiger partial charge in [0.15, 0.2) is 5.82 Å². The van der Waals surface area contributed by atoms with Crippen molar-refractivity contribution in [3.05, 3.63) is 11.7 Å². The molecule has 1 N–H and O–H groups in total. The highest BCUT2D eigenvalue weighted by Gasteiger charge is 2.16. The van der Waals surface area contributed by atoms with Crippen molar-refractivity contribution in [2.45, 2.75) is 56.6 Å². The van der Waals surface area contributed by atoms with E-state index >= 15 is 0 Å². The summed E-state index contributed by atoms with van der Waals surface area (Å²) in [6.07, 6.45) is 6.60. The Morgan fingerprint density at radius 3 is 3.00 bits per heavy atom. The molecule has 0 unspecified atom stereocenters. The van der Waals surface area contributed by atoms with Gasteiger partial charge in [-0.15, -0.1) is 0 Å². The number of rotatable bonds is 7. The first-order chi connectivity index (χ1) is 8.38. The minimum Gasteiger partial charge on any atom is -0.338 e. The van der Waals surface area contributed by atoms with E-state index in [0.717, 1.165) is 29.8 Å². The lowest BCUT2D eigenvalue weighted by Crippen LogP contribution is -2.13. The maximum atomic E-state index is 5.19. The van der Waals surface area contributed by atoms with E-state index in [1.807, 2.05) is 11.8 Å². The number of nitrogens with zero attached hydrogens (tertiary/aromatic N) is 2. The largest absolute Gasteiger partial charge is 0.338 e. The Hall–Kier alpha value is -0.550. The molecule has 1 saturated carbocycles. The van der Waals surface area contributed by atoms with Crippen LogP contribution in [0.1, 0.15) is 50.7 Å². The molecule has 17 heavy (non-hydrogen) atoms. The monoisotopic (exact) mass is 255 g/mol. The molecule has 1 heterocycles. The summed E-state index contributed by atoms with van der Waals surface area (Å²) in [7, 11) is 0. The fraction of sp³-hybridized carbons (Fsp3) is 0.833. The molecule has 96 valence electrons. The van der Waals surface area contributed by atoms with Gasteiger partial charge in [0.25, 0.3) is 0 Å². The number of thioether (sulfide) groups is 1. The minimum atomic E-state index is 0.689. The highest BCUT2D eigenvalue weighted by molar-refractivity contribution is 7.99. The van der Waals surface area contributed by atoms with Gasteiger partial charge in [0.05, 0.1) is 12.3 Å². The molecule has 0 amide bonds. The Morgan fingerprint density at radius 1 is 1.41 bits per heavy atom. The Balaban J connectivity index is 1.69. The first-order valence-corrected chi connectivity index (χ1v) is 7.57. The van der Waals surface area contributed by atoms with Crippen molar-refractivity contribution < 1.29 is 4.52 Å². The number of aromatic nitrogens is 2. The van der Waals surface area contributed by atoms with E-state index in [0.29, 0.717) is 12.4 Å². The molecule has 1 aromatic heterocycles. The summed E-state index contributed by atoms with van der Waals surface area (Å²) in [5.41, 5.74) is 0. The maximum Gasteiger partial charge on any atom is 0.240 e. The van der Waals surface area contributed by atoms with E-state index < -0.39 is 0 Å². The van der Waals surface area contributed by atoms with Gasteiger partial charge in [-0.1, -0.05) is 24.9 Å². The first-order valence-electron chi connectivity index (χ1n) is 6.52. The predicted octanol–water partition coefficient (Wildman–Crippen LogP) is 2.75. The zero-order valence-electron chi connectivity index (χ0n) is 10.4. The molecular formula is C12H21N3OS. The Kier molecular flexibility index (Phi) is 5.32. The molecule has 1 fully saturated rings. The number of hydrogen-bond donors (Lipinski definition) is 1. The molecule has 0 radical (unpaired) electrons. The molecule has 0 atom stereocenters. The van der Waals surface area contributed by atoms with E-state index in [-0.39, 0.29) is 0 Å². The molecule has 0 spiro atoms. The summed E-state index contributed by atoms with van der Waals surface area (Å²) in [6, 6.07) is 0. The van der Waals surface area contributed by atoms with Gasteiger partial charge in [0.1, 0.15) is 0 Å². The molecule has 2 rings (SSSR count). The van der Waals surface area contributed by atoms with E-state index in [9.17, 15) is 0 Å². The van der Waals surface area contributed by atoms with Gasteiger partial charge in [-0.25, -0.2) is 0 Å². The van der Waals surface area contributed by atoms with Crippen LogP contribution in [0.4, 0.5) is 0 Å². The van der Waals surface area contributed by atoms with Gasteiger partial charge in [0.2, 0.25) is 5.89 Å². The number of hydrogen-bond acceptors (Lipinski definition) is 5. The summed E-state index contributed by atoms with van der Waals surface area (Å²) in [5, 5.41) is 8.08. The van der Waals surface area contributed by atoms with Crippen molar-refractivity contribution >= 4 is 11.8 Å². The van der Waals surface area contributed by atoms with Crippen molar-refractivity contribution in [2.75, 3.05) is 6.54 Å². The second-order valence-electron chi connectivity index (χ2n) is 4.50. The summed E-state index contributed by atoms with van der Waals surface area (Å²) < 4.78 is 5.19. The molecule has 5 heteroatoms. The molecule has 4 nitrogen and oxygen atoms in total. The molecular weight excluding hydrogens is 234 g/mol. The summed E-state index contributed by atoms with van der Waals surface area (Å²) in [4.78, 5) is 4.38. The lowest BCUT2D eigenvalue weighted by Gasteiger charge is -2.04. The molecule has 0 saturated heterocycles. The second-order valence-corrected chi connectivity index (χ2v) is 5.79. The topological polar surface area (TPSA) is 51.0 Å². The van der Waals surface area contributed by atoms with Crippen LogP contribution in [0.3, 0.4) is 0 Å². The van der Waals surface area contributed by atoms with Gasteiger partial charge >= 0.3 is 0 Å². The van der Waals surface area contributed by atoms with Gasteiger partial charge in [-0.05, 0) is 25.8 Å². The minimum absolute atomic E-state index is 0.689. The van der Waals surface area contributed by atoms with Crippen molar-refractivity contribution in [3.8, 4) is 0 Å².